The second kappa shape index (κ2) is 13.2. The molecule has 5 atom stereocenters. The lowest BCUT2D eigenvalue weighted by molar-refractivity contribution is -0.164. The molecule has 9 nitrogen and oxygen atoms in total. The van der Waals surface area contributed by atoms with E-state index in [0.717, 1.165) is 18.4 Å². The first-order valence-electron chi connectivity index (χ1n) is 14.7. The summed E-state index contributed by atoms with van der Waals surface area (Å²) in [4.78, 5) is 53.5. The topological polar surface area (TPSA) is 114 Å². The largest absolute Gasteiger partial charge is 0.461 e. The van der Waals surface area contributed by atoms with Gasteiger partial charge in [-0.3, -0.25) is 9.59 Å². The first-order chi connectivity index (χ1) is 20.6. The number of allylic oxidation sites excluding steroid dienone is 2. The van der Waals surface area contributed by atoms with Crippen LogP contribution in [0.1, 0.15) is 44.7 Å². The number of ether oxygens (including phenoxy) is 2. The van der Waals surface area contributed by atoms with Crippen molar-refractivity contribution in [2.45, 2.75) is 63.7 Å². The number of thioether (sulfide) groups is 1. The molecule has 43 heavy (non-hydrogen) atoms. The quantitative estimate of drug-likeness (QED) is 0.308. The zero-order chi connectivity index (χ0) is 30.6. The van der Waals surface area contributed by atoms with Gasteiger partial charge in [0.25, 0.3) is 0 Å². The standard InChI is InChI=1S/C33H39N3O6S/c1-33(2,3)42-31(39)27-20-43-30(26-16-23-12-13-24(26)14-23)36(27)28(37)18-34-32(40)35-25-11-7-10-22(15-25)17-29(38)41-19-21-8-5-4-6-9-21/h4-13,15,23-24,26-27,30H,14,16-20H2,1-3H3,(H2,34,35,40)/t23?,24?,26?,27-,30?/m0/s1. The molecule has 4 unspecified atom stereocenters. The highest BCUT2D eigenvalue weighted by molar-refractivity contribution is 8.00. The average Bonchev–Trinajstić information content (AvgIpc) is 3.71. The number of hydrogen-bond acceptors (Lipinski definition) is 7. The summed E-state index contributed by atoms with van der Waals surface area (Å²) in [5.74, 6) is 0.552. The van der Waals surface area contributed by atoms with Crippen LogP contribution in [-0.4, -0.2) is 58.1 Å². The average molecular weight is 606 g/mol. The predicted octanol–water partition coefficient (Wildman–Crippen LogP) is 4.92. The van der Waals surface area contributed by atoms with Crippen molar-refractivity contribution in [3.8, 4) is 0 Å². The maximum Gasteiger partial charge on any atom is 0.330 e. The molecule has 3 amide bonds. The Morgan fingerprint density at radius 3 is 2.44 bits per heavy atom. The third-order valence-electron chi connectivity index (χ3n) is 7.87. The molecule has 3 aliphatic rings. The summed E-state index contributed by atoms with van der Waals surface area (Å²) in [5, 5.41) is 5.24. The zero-order valence-corrected chi connectivity index (χ0v) is 25.6. The van der Waals surface area contributed by atoms with Crippen molar-refractivity contribution in [2.75, 3.05) is 17.6 Å². The van der Waals surface area contributed by atoms with Crippen molar-refractivity contribution < 1.29 is 28.7 Å². The van der Waals surface area contributed by atoms with Gasteiger partial charge in [-0.05, 0) is 74.6 Å². The molecule has 0 aromatic heterocycles. The van der Waals surface area contributed by atoms with Crippen LogP contribution in [0.25, 0.3) is 0 Å². The maximum atomic E-state index is 13.6. The molecule has 228 valence electrons. The lowest BCUT2D eigenvalue weighted by Gasteiger charge is -2.35. The maximum absolute atomic E-state index is 13.6. The summed E-state index contributed by atoms with van der Waals surface area (Å²) in [6.07, 6.45) is 6.64. The van der Waals surface area contributed by atoms with Crippen molar-refractivity contribution >= 4 is 41.3 Å². The second-order valence-electron chi connectivity index (χ2n) is 12.3. The van der Waals surface area contributed by atoms with Crippen LogP contribution in [0.5, 0.6) is 0 Å². The van der Waals surface area contributed by atoms with Crippen LogP contribution >= 0.6 is 11.8 Å². The molecule has 10 heteroatoms. The van der Waals surface area contributed by atoms with Crippen molar-refractivity contribution in [3.05, 3.63) is 77.9 Å². The summed E-state index contributed by atoms with van der Waals surface area (Å²) in [5.41, 5.74) is 1.40. The van der Waals surface area contributed by atoms with Crippen LogP contribution in [0.3, 0.4) is 0 Å². The van der Waals surface area contributed by atoms with Crippen molar-refractivity contribution in [1.82, 2.24) is 10.2 Å². The molecule has 2 aromatic rings. The van der Waals surface area contributed by atoms with Gasteiger partial charge in [0, 0.05) is 11.4 Å². The van der Waals surface area contributed by atoms with E-state index in [0.29, 0.717) is 28.8 Å². The van der Waals surface area contributed by atoms with E-state index in [-0.39, 0.29) is 42.7 Å². The first-order valence-corrected chi connectivity index (χ1v) is 15.8. The van der Waals surface area contributed by atoms with Gasteiger partial charge in [-0.2, -0.15) is 0 Å². The number of amides is 3. The summed E-state index contributed by atoms with van der Waals surface area (Å²) < 4.78 is 11.0. The Morgan fingerprint density at radius 2 is 1.74 bits per heavy atom. The molecule has 1 aliphatic heterocycles. The SMILES string of the molecule is CC(C)(C)OC(=O)[C@@H]1CSC(C2CC3C=CC2C3)N1C(=O)CNC(=O)Nc1cccc(CC(=O)OCc2ccccc2)c1. The first kappa shape index (κ1) is 30.7. The minimum Gasteiger partial charge on any atom is -0.461 e. The summed E-state index contributed by atoms with van der Waals surface area (Å²) >= 11 is 1.63. The molecule has 2 fully saturated rings. The fourth-order valence-corrected chi connectivity index (χ4v) is 7.67. The highest BCUT2D eigenvalue weighted by Gasteiger charge is 2.50. The van der Waals surface area contributed by atoms with Gasteiger partial charge in [0.05, 0.1) is 18.3 Å². The van der Waals surface area contributed by atoms with Crippen LogP contribution in [0.15, 0.2) is 66.7 Å². The summed E-state index contributed by atoms with van der Waals surface area (Å²) in [6.45, 7) is 5.37. The molecule has 1 saturated carbocycles. The smallest absolute Gasteiger partial charge is 0.330 e. The molecular formula is C33H39N3O6S. The van der Waals surface area contributed by atoms with E-state index in [2.05, 4.69) is 22.8 Å². The van der Waals surface area contributed by atoms with Crippen molar-refractivity contribution in [3.63, 3.8) is 0 Å². The Balaban J connectivity index is 1.16. The van der Waals surface area contributed by atoms with E-state index in [1.807, 2.05) is 51.1 Å². The van der Waals surface area contributed by atoms with E-state index in [9.17, 15) is 19.2 Å². The van der Waals surface area contributed by atoms with Gasteiger partial charge in [-0.25, -0.2) is 9.59 Å². The van der Waals surface area contributed by atoms with E-state index in [1.165, 1.54) is 0 Å². The predicted molar refractivity (Wildman–Crippen MR) is 165 cm³/mol. The Kier molecular flexibility index (Phi) is 9.44. The number of carbonyl (C=O) groups is 4. The summed E-state index contributed by atoms with van der Waals surface area (Å²) in [6, 6.07) is 15.1. The molecule has 2 aliphatic carbocycles. The van der Waals surface area contributed by atoms with Gasteiger partial charge < -0.3 is 25.0 Å². The zero-order valence-electron chi connectivity index (χ0n) is 24.8. The molecule has 1 saturated heterocycles. The van der Waals surface area contributed by atoms with Crippen LogP contribution in [0.2, 0.25) is 0 Å². The van der Waals surface area contributed by atoms with Gasteiger partial charge in [0.2, 0.25) is 5.91 Å². The number of benzene rings is 2. The molecular weight excluding hydrogens is 566 g/mol. The highest BCUT2D eigenvalue weighted by Crippen LogP contribution is 2.50. The number of nitrogens with zero attached hydrogens (tertiary/aromatic N) is 1. The van der Waals surface area contributed by atoms with Crippen molar-refractivity contribution in [2.24, 2.45) is 17.8 Å². The van der Waals surface area contributed by atoms with E-state index >= 15 is 0 Å². The second-order valence-corrected chi connectivity index (χ2v) is 13.5. The lowest BCUT2D eigenvalue weighted by Crippen LogP contribution is -2.53. The Morgan fingerprint density at radius 1 is 0.977 bits per heavy atom. The normalized spacial score (nSPS) is 24.1. The monoisotopic (exact) mass is 605 g/mol. The van der Waals surface area contributed by atoms with Gasteiger partial charge >= 0.3 is 18.0 Å². The van der Waals surface area contributed by atoms with E-state index in [1.54, 1.807) is 40.9 Å². The number of nitrogens with one attached hydrogen (secondary N) is 2. The minimum atomic E-state index is -0.701. The molecule has 5 rings (SSSR count). The van der Waals surface area contributed by atoms with E-state index < -0.39 is 23.6 Å². The third kappa shape index (κ3) is 7.98. The fourth-order valence-electron chi connectivity index (χ4n) is 6.01. The Hall–Kier alpha value is -3.79. The molecule has 0 spiro atoms. The highest BCUT2D eigenvalue weighted by atomic mass is 32.2. The van der Waals surface area contributed by atoms with Crippen LogP contribution in [0.4, 0.5) is 10.5 Å². The van der Waals surface area contributed by atoms with Crippen LogP contribution < -0.4 is 10.6 Å². The van der Waals surface area contributed by atoms with Gasteiger partial charge in [0.1, 0.15) is 18.2 Å². The molecule has 0 radical (unpaired) electrons. The molecule has 1 heterocycles. The lowest BCUT2D eigenvalue weighted by atomic mass is 9.92. The van der Waals surface area contributed by atoms with Crippen LogP contribution in [0, 0.1) is 17.8 Å². The number of hydrogen-bond donors (Lipinski definition) is 2. The fraction of sp³-hybridized carbons (Fsp3) is 0.455. The van der Waals surface area contributed by atoms with Gasteiger partial charge in [-0.15, -0.1) is 11.8 Å². The van der Waals surface area contributed by atoms with Crippen molar-refractivity contribution in [1.29, 1.82) is 0 Å². The van der Waals surface area contributed by atoms with Gasteiger partial charge in [-0.1, -0.05) is 54.6 Å². The number of esters is 2. The Bertz CT molecular complexity index is 1370. The number of rotatable bonds is 9. The number of anilines is 1. The van der Waals surface area contributed by atoms with Crippen LogP contribution in [-0.2, 0) is 36.9 Å². The number of urea groups is 1. The number of fused-ring (bicyclic) bond motifs is 2. The van der Waals surface area contributed by atoms with E-state index in [4.69, 9.17) is 9.47 Å². The molecule has 2 bridgehead atoms. The summed E-state index contributed by atoms with van der Waals surface area (Å²) in [7, 11) is 0. The van der Waals surface area contributed by atoms with Gasteiger partial charge in [0.15, 0.2) is 0 Å². The Labute approximate surface area is 256 Å². The molecule has 2 aromatic carbocycles. The molecule has 2 N–H and O–H groups in total. The number of carbonyl (C=O) groups excluding carboxylic acids is 4. The third-order valence-corrected chi connectivity index (χ3v) is 9.30. The minimum absolute atomic E-state index is 0.0563.